The Bertz CT molecular complexity index is 639. The molecule has 3 nitrogen and oxygen atoms in total. The van der Waals surface area contributed by atoms with Crippen molar-refractivity contribution in [1.82, 2.24) is 9.78 Å². The smallest absolute Gasteiger partial charge is 0.289 e. The molecule has 1 aromatic heterocycles. The average molecular weight is 280 g/mol. The van der Waals surface area contributed by atoms with E-state index in [1.54, 1.807) is 13.2 Å². The molecule has 0 unspecified atom stereocenters. The summed E-state index contributed by atoms with van der Waals surface area (Å²) in [6.45, 7) is 0. The average Bonchev–Trinajstić information content (AvgIpc) is 2.82. The van der Waals surface area contributed by atoms with E-state index in [2.05, 4.69) is 5.10 Å². The molecule has 1 heterocycles. The zero-order chi connectivity index (χ0) is 14.8. The van der Waals surface area contributed by atoms with Crippen LogP contribution in [0.1, 0.15) is 21.5 Å². The molecule has 0 aliphatic rings. The molecule has 6 heteroatoms. The summed E-state index contributed by atoms with van der Waals surface area (Å²) in [5, 5.41) is 3.87. The van der Waals surface area contributed by atoms with Gasteiger partial charge in [0.05, 0.1) is 17.3 Å². The van der Waals surface area contributed by atoms with Gasteiger partial charge in [-0.05, 0) is 23.8 Å². The SMILES string of the molecule is Cn1cc(C(=O)/C=C\c2ccc(C(F)(F)F)cc2)cn1. The minimum absolute atomic E-state index is 0.252. The number of aryl methyl sites for hydroxylation is 1. The highest BCUT2D eigenvalue weighted by atomic mass is 19.4. The summed E-state index contributed by atoms with van der Waals surface area (Å²) >= 11 is 0. The molecule has 20 heavy (non-hydrogen) atoms. The standard InChI is InChI=1S/C14H11F3N2O/c1-19-9-11(8-18-19)13(20)7-4-10-2-5-12(6-3-10)14(15,16)17/h2-9H,1H3/b7-4-. The van der Waals surface area contributed by atoms with Crippen LogP contribution in [0.15, 0.2) is 42.7 Å². The van der Waals surface area contributed by atoms with E-state index >= 15 is 0 Å². The number of aromatic nitrogens is 2. The third kappa shape index (κ3) is 3.34. The van der Waals surface area contributed by atoms with Crippen LogP contribution in [-0.4, -0.2) is 15.6 Å². The molecule has 0 bridgehead atoms. The van der Waals surface area contributed by atoms with Gasteiger partial charge in [-0.1, -0.05) is 18.2 Å². The molecule has 0 atom stereocenters. The van der Waals surface area contributed by atoms with Gasteiger partial charge in [0.1, 0.15) is 0 Å². The normalized spacial score (nSPS) is 12.0. The zero-order valence-corrected chi connectivity index (χ0v) is 10.6. The van der Waals surface area contributed by atoms with E-state index < -0.39 is 11.7 Å². The number of carbonyl (C=O) groups excluding carboxylic acids is 1. The predicted molar refractivity (Wildman–Crippen MR) is 68.0 cm³/mol. The van der Waals surface area contributed by atoms with Gasteiger partial charge in [0.25, 0.3) is 0 Å². The van der Waals surface area contributed by atoms with Crippen molar-refractivity contribution in [2.24, 2.45) is 7.05 Å². The molecule has 0 saturated carbocycles. The lowest BCUT2D eigenvalue weighted by atomic mass is 10.1. The van der Waals surface area contributed by atoms with Crippen molar-refractivity contribution in [3.05, 3.63) is 59.4 Å². The molecule has 0 saturated heterocycles. The van der Waals surface area contributed by atoms with Crippen molar-refractivity contribution >= 4 is 11.9 Å². The Morgan fingerprint density at radius 2 is 1.90 bits per heavy atom. The fourth-order valence-corrected chi connectivity index (χ4v) is 1.60. The van der Waals surface area contributed by atoms with Gasteiger partial charge >= 0.3 is 6.18 Å². The van der Waals surface area contributed by atoms with Crippen molar-refractivity contribution < 1.29 is 18.0 Å². The first kappa shape index (κ1) is 14.0. The Morgan fingerprint density at radius 1 is 1.25 bits per heavy atom. The predicted octanol–water partition coefficient (Wildman–Crippen LogP) is 3.34. The molecule has 0 amide bonds. The lowest BCUT2D eigenvalue weighted by Gasteiger charge is -2.05. The maximum absolute atomic E-state index is 12.4. The largest absolute Gasteiger partial charge is 0.416 e. The Balaban J connectivity index is 2.10. The molecule has 104 valence electrons. The van der Waals surface area contributed by atoms with Gasteiger partial charge in [-0.2, -0.15) is 18.3 Å². The summed E-state index contributed by atoms with van der Waals surface area (Å²) in [5.41, 5.74) is 0.235. The van der Waals surface area contributed by atoms with Gasteiger partial charge in [-0.25, -0.2) is 0 Å². The Kier molecular flexibility index (Phi) is 3.74. The van der Waals surface area contributed by atoms with Crippen LogP contribution in [0.3, 0.4) is 0 Å². The number of allylic oxidation sites excluding steroid dienone is 1. The van der Waals surface area contributed by atoms with Crippen LogP contribution in [0.2, 0.25) is 0 Å². The van der Waals surface area contributed by atoms with E-state index in [-0.39, 0.29) is 5.78 Å². The van der Waals surface area contributed by atoms with Crippen LogP contribution in [0.4, 0.5) is 13.2 Å². The minimum atomic E-state index is -4.35. The number of halogens is 3. The van der Waals surface area contributed by atoms with Crippen molar-refractivity contribution in [3.8, 4) is 0 Å². The number of rotatable bonds is 3. The highest BCUT2D eigenvalue weighted by Crippen LogP contribution is 2.29. The fourth-order valence-electron chi connectivity index (χ4n) is 1.60. The van der Waals surface area contributed by atoms with Gasteiger partial charge in [0.15, 0.2) is 5.78 Å². The number of hydrogen-bond donors (Lipinski definition) is 0. The fraction of sp³-hybridized carbons (Fsp3) is 0.143. The number of benzene rings is 1. The third-order valence-electron chi connectivity index (χ3n) is 2.65. The second-order valence-corrected chi connectivity index (χ2v) is 4.22. The van der Waals surface area contributed by atoms with Crippen LogP contribution in [-0.2, 0) is 13.2 Å². The first-order valence-electron chi connectivity index (χ1n) is 5.74. The van der Waals surface area contributed by atoms with Gasteiger partial charge in [0.2, 0.25) is 0 Å². The summed E-state index contributed by atoms with van der Waals surface area (Å²) in [7, 11) is 1.69. The van der Waals surface area contributed by atoms with Crippen molar-refractivity contribution in [2.75, 3.05) is 0 Å². The summed E-state index contributed by atoms with van der Waals surface area (Å²) < 4.78 is 38.6. The highest BCUT2D eigenvalue weighted by molar-refractivity contribution is 6.06. The molecule has 0 radical (unpaired) electrons. The number of carbonyl (C=O) groups is 1. The number of alkyl halides is 3. The molecule has 0 aliphatic heterocycles. The van der Waals surface area contributed by atoms with Gasteiger partial charge < -0.3 is 0 Å². The van der Waals surface area contributed by atoms with E-state index in [1.807, 2.05) is 0 Å². The van der Waals surface area contributed by atoms with E-state index in [0.717, 1.165) is 12.1 Å². The van der Waals surface area contributed by atoms with Crippen molar-refractivity contribution in [2.45, 2.75) is 6.18 Å². The second kappa shape index (κ2) is 5.32. The van der Waals surface area contributed by atoms with Crippen LogP contribution in [0.5, 0.6) is 0 Å². The highest BCUT2D eigenvalue weighted by Gasteiger charge is 2.29. The zero-order valence-electron chi connectivity index (χ0n) is 10.6. The van der Waals surface area contributed by atoms with E-state index in [9.17, 15) is 18.0 Å². The van der Waals surface area contributed by atoms with Crippen LogP contribution < -0.4 is 0 Å². The summed E-state index contributed by atoms with van der Waals surface area (Å²) in [6.07, 6.45) is 1.42. The quantitative estimate of drug-likeness (QED) is 0.638. The van der Waals surface area contributed by atoms with Gasteiger partial charge in [-0.15, -0.1) is 0 Å². The molecule has 0 fully saturated rings. The second-order valence-electron chi connectivity index (χ2n) is 4.22. The molecular formula is C14H11F3N2O. The molecular weight excluding hydrogens is 269 g/mol. The third-order valence-corrected chi connectivity index (χ3v) is 2.65. The molecule has 2 rings (SSSR count). The van der Waals surface area contributed by atoms with Crippen molar-refractivity contribution in [3.63, 3.8) is 0 Å². The lowest BCUT2D eigenvalue weighted by molar-refractivity contribution is -0.137. The topological polar surface area (TPSA) is 34.9 Å². The Morgan fingerprint density at radius 3 is 2.40 bits per heavy atom. The minimum Gasteiger partial charge on any atom is -0.289 e. The summed E-state index contributed by atoms with van der Waals surface area (Å²) in [6, 6.07) is 4.59. The number of ketones is 1. The molecule has 0 spiro atoms. The maximum atomic E-state index is 12.4. The first-order chi connectivity index (χ1) is 9.36. The number of nitrogens with zero attached hydrogens (tertiary/aromatic N) is 2. The monoisotopic (exact) mass is 280 g/mol. The lowest BCUT2D eigenvalue weighted by Crippen LogP contribution is -2.04. The summed E-state index contributed by atoms with van der Waals surface area (Å²) in [5.74, 6) is -0.252. The van der Waals surface area contributed by atoms with E-state index in [4.69, 9.17) is 0 Å². The molecule has 0 aliphatic carbocycles. The van der Waals surface area contributed by atoms with Crippen molar-refractivity contribution in [1.29, 1.82) is 0 Å². The molecule has 2 aromatic rings. The first-order valence-corrected chi connectivity index (χ1v) is 5.74. The van der Waals surface area contributed by atoms with Crippen LogP contribution in [0.25, 0.3) is 6.08 Å². The van der Waals surface area contributed by atoms with Gasteiger partial charge in [0, 0.05) is 13.2 Å². The van der Waals surface area contributed by atoms with Gasteiger partial charge in [-0.3, -0.25) is 9.48 Å². The van der Waals surface area contributed by atoms with E-state index in [1.165, 1.54) is 35.2 Å². The molecule has 0 N–H and O–H groups in total. The van der Waals surface area contributed by atoms with E-state index in [0.29, 0.717) is 11.1 Å². The van der Waals surface area contributed by atoms with Crippen LogP contribution in [0, 0.1) is 0 Å². The van der Waals surface area contributed by atoms with Crippen LogP contribution >= 0.6 is 0 Å². The Hall–Kier alpha value is -2.37. The molecule has 1 aromatic carbocycles. The maximum Gasteiger partial charge on any atom is 0.416 e. The summed E-state index contributed by atoms with van der Waals surface area (Å²) in [4.78, 5) is 11.7. The number of hydrogen-bond acceptors (Lipinski definition) is 2. The Labute approximate surface area is 113 Å².